The molecule has 0 fully saturated rings. The Bertz CT molecular complexity index is 1200. The fraction of sp³-hybridized carbons (Fsp3) is 0.318. The number of aromatic nitrogens is 4. The SMILES string of the molecule is COCCCn1c(=O)c2ccccc2n2c(SCCc3ccc(OC)cc3)nnc12. The molecule has 30 heavy (non-hydrogen) atoms. The molecule has 7 nitrogen and oxygen atoms in total. The van der Waals surface area contributed by atoms with Gasteiger partial charge in [-0.1, -0.05) is 36.0 Å². The van der Waals surface area contributed by atoms with Gasteiger partial charge >= 0.3 is 0 Å². The monoisotopic (exact) mass is 424 g/mol. The van der Waals surface area contributed by atoms with Gasteiger partial charge in [0.05, 0.1) is 18.0 Å². The van der Waals surface area contributed by atoms with Crippen molar-refractivity contribution in [2.24, 2.45) is 0 Å². The predicted molar refractivity (Wildman–Crippen MR) is 119 cm³/mol. The molecule has 4 rings (SSSR count). The number of thioether (sulfide) groups is 1. The summed E-state index contributed by atoms with van der Waals surface area (Å²) in [5.41, 5.74) is 2.02. The molecule has 0 bridgehead atoms. The molecule has 0 radical (unpaired) electrons. The molecule has 0 amide bonds. The third-order valence-electron chi connectivity index (χ3n) is 4.99. The van der Waals surface area contributed by atoms with Crippen LogP contribution in [0.1, 0.15) is 12.0 Å². The van der Waals surface area contributed by atoms with Crippen molar-refractivity contribution in [3.8, 4) is 5.75 Å². The third kappa shape index (κ3) is 4.06. The standard InChI is InChI=1S/C22H24N4O3S/c1-28-14-5-13-25-20(27)18-6-3-4-7-19(18)26-21(25)23-24-22(26)30-15-12-16-8-10-17(29-2)11-9-16/h3-4,6-11H,5,12-15H2,1-2H3. The summed E-state index contributed by atoms with van der Waals surface area (Å²) >= 11 is 1.64. The summed E-state index contributed by atoms with van der Waals surface area (Å²) < 4.78 is 14.0. The maximum absolute atomic E-state index is 13.0. The number of ether oxygens (including phenoxy) is 2. The van der Waals surface area contributed by atoms with Gasteiger partial charge in [-0.25, -0.2) is 0 Å². The molecule has 156 valence electrons. The molecule has 0 spiro atoms. The number of para-hydroxylation sites is 1. The van der Waals surface area contributed by atoms with Crippen molar-refractivity contribution in [3.63, 3.8) is 0 Å². The Kier molecular flexibility index (Phi) is 6.35. The van der Waals surface area contributed by atoms with Crippen LogP contribution in [0.4, 0.5) is 0 Å². The topological polar surface area (TPSA) is 70.7 Å². The molecule has 0 atom stereocenters. The van der Waals surface area contributed by atoms with Crippen molar-refractivity contribution in [1.82, 2.24) is 19.2 Å². The highest BCUT2D eigenvalue weighted by Crippen LogP contribution is 2.23. The minimum atomic E-state index is -0.0450. The first-order chi connectivity index (χ1) is 14.7. The highest BCUT2D eigenvalue weighted by Gasteiger charge is 2.16. The summed E-state index contributed by atoms with van der Waals surface area (Å²) in [5.74, 6) is 2.28. The first-order valence-electron chi connectivity index (χ1n) is 9.84. The lowest BCUT2D eigenvalue weighted by atomic mass is 10.2. The number of aryl methyl sites for hydroxylation is 2. The highest BCUT2D eigenvalue weighted by molar-refractivity contribution is 7.99. The Hall–Kier alpha value is -2.84. The normalized spacial score (nSPS) is 11.4. The second kappa shape index (κ2) is 9.32. The molecule has 2 aromatic carbocycles. The molecular formula is C22H24N4O3S. The van der Waals surface area contributed by atoms with Crippen LogP contribution in [0.25, 0.3) is 16.7 Å². The lowest BCUT2D eigenvalue weighted by Gasteiger charge is -2.11. The maximum atomic E-state index is 13.0. The molecule has 0 aliphatic rings. The summed E-state index contributed by atoms with van der Waals surface area (Å²) in [6, 6.07) is 15.7. The van der Waals surface area contributed by atoms with Crippen molar-refractivity contribution in [2.75, 3.05) is 26.6 Å². The molecule has 2 heterocycles. The van der Waals surface area contributed by atoms with Crippen molar-refractivity contribution < 1.29 is 9.47 Å². The van der Waals surface area contributed by atoms with Crippen molar-refractivity contribution >= 4 is 28.4 Å². The van der Waals surface area contributed by atoms with E-state index in [0.717, 1.165) is 35.0 Å². The van der Waals surface area contributed by atoms with Gasteiger partial charge < -0.3 is 9.47 Å². The molecule has 0 N–H and O–H groups in total. The number of methoxy groups -OCH3 is 2. The Morgan fingerprint density at radius 2 is 1.83 bits per heavy atom. The predicted octanol–water partition coefficient (Wildman–Crippen LogP) is 3.42. The zero-order valence-corrected chi connectivity index (χ0v) is 17.9. The fourth-order valence-electron chi connectivity index (χ4n) is 3.45. The molecule has 8 heteroatoms. The van der Waals surface area contributed by atoms with Gasteiger partial charge in [0.1, 0.15) is 5.75 Å². The van der Waals surface area contributed by atoms with E-state index < -0.39 is 0 Å². The molecule has 0 unspecified atom stereocenters. The molecule has 0 saturated heterocycles. The molecule has 0 aliphatic carbocycles. The summed E-state index contributed by atoms with van der Waals surface area (Å²) in [7, 11) is 3.33. The van der Waals surface area contributed by atoms with Crippen LogP contribution in [0.2, 0.25) is 0 Å². The molecular weight excluding hydrogens is 400 g/mol. The zero-order valence-electron chi connectivity index (χ0n) is 17.1. The van der Waals surface area contributed by atoms with Gasteiger partial charge in [-0.15, -0.1) is 10.2 Å². The Labute approximate surface area is 178 Å². The van der Waals surface area contributed by atoms with Crippen LogP contribution in [0.3, 0.4) is 0 Å². The fourth-order valence-corrected chi connectivity index (χ4v) is 4.38. The van der Waals surface area contributed by atoms with Crippen LogP contribution < -0.4 is 10.3 Å². The van der Waals surface area contributed by atoms with Crippen molar-refractivity contribution in [3.05, 3.63) is 64.4 Å². The van der Waals surface area contributed by atoms with Gasteiger partial charge in [-0.3, -0.25) is 13.8 Å². The van der Waals surface area contributed by atoms with E-state index in [0.29, 0.717) is 24.3 Å². The molecule has 0 saturated carbocycles. The average Bonchev–Trinajstić information content (AvgIpc) is 3.20. The Morgan fingerprint density at radius 1 is 1.03 bits per heavy atom. The van der Waals surface area contributed by atoms with E-state index >= 15 is 0 Å². The van der Waals surface area contributed by atoms with Gasteiger partial charge in [0.2, 0.25) is 5.78 Å². The van der Waals surface area contributed by atoms with Crippen molar-refractivity contribution in [1.29, 1.82) is 0 Å². The third-order valence-corrected chi connectivity index (χ3v) is 5.92. The smallest absolute Gasteiger partial charge is 0.262 e. The molecule has 2 aromatic heterocycles. The Morgan fingerprint density at radius 3 is 2.60 bits per heavy atom. The lowest BCUT2D eigenvalue weighted by Crippen LogP contribution is -2.24. The van der Waals surface area contributed by atoms with Crippen LogP contribution in [-0.4, -0.2) is 45.7 Å². The quantitative estimate of drug-likeness (QED) is 0.303. The first-order valence-corrected chi connectivity index (χ1v) is 10.8. The maximum Gasteiger partial charge on any atom is 0.262 e. The minimum absolute atomic E-state index is 0.0450. The Balaban J connectivity index is 1.64. The van der Waals surface area contributed by atoms with Crippen molar-refractivity contribution in [2.45, 2.75) is 24.5 Å². The number of benzene rings is 2. The highest BCUT2D eigenvalue weighted by atomic mass is 32.2. The van der Waals surface area contributed by atoms with E-state index in [1.807, 2.05) is 40.8 Å². The number of hydrogen-bond donors (Lipinski definition) is 0. The number of rotatable bonds is 9. The van der Waals surface area contributed by atoms with E-state index in [9.17, 15) is 4.79 Å². The van der Waals surface area contributed by atoms with E-state index in [-0.39, 0.29) is 5.56 Å². The first kappa shape index (κ1) is 20.4. The van der Waals surface area contributed by atoms with E-state index in [4.69, 9.17) is 9.47 Å². The largest absolute Gasteiger partial charge is 0.497 e. The van der Waals surface area contributed by atoms with Gasteiger partial charge in [0, 0.05) is 26.0 Å². The summed E-state index contributed by atoms with van der Waals surface area (Å²) in [4.78, 5) is 13.0. The van der Waals surface area contributed by atoms with Crippen LogP contribution in [0, 0.1) is 0 Å². The van der Waals surface area contributed by atoms with Gasteiger partial charge in [0.25, 0.3) is 5.56 Å². The zero-order chi connectivity index (χ0) is 20.9. The van der Waals surface area contributed by atoms with Crippen LogP contribution in [0.15, 0.2) is 58.5 Å². The second-order valence-electron chi connectivity index (χ2n) is 6.88. The summed E-state index contributed by atoms with van der Waals surface area (Å²) in [6.45, 7) is 1.12. The van der Waals surface area contributed by atoms with Crippen LogP contribution in [0.5, 0.6) is 5.75 Å². The lowest BCUT2D eigenvalue weighted by molar-refractivity contribution is 0.190. The van der Waals surface area contributed by atoms with Crippen LogP contribution >= 0.6 is 11.8 Å². The minimum Gasteiger partial charge on any atom is -0.497 e. The summed E-state index contributed by atoms with van der Waals surface area (Å²) in [5, 5.41) is 10.2. The van der Waals surface area contributed by atoms with E-state index in [1.54, 1.807) is 30.5 Å². The average molecular weight is 425 g/mol. The van der Waals surface area contributed by atoms with E-state index in [2.05, 4.69) is 22.3 Å². The van der Waals surface area contributed by atoms with Crippen LogP contribution in [-0.2, 0) is 17.7 Å². The molecule has 4 aromatic rings. The molecule has 0 aliphatic heterocycles. The van der Waals surface area contributed by atoms with Gasteiger partial charge in [-0.05, 0) is 42.7 Å². The number of nitrogens with zero attached hydrogens (tertiary/aromatic N) is 4. The second-order valence-corrected chi connectivity index (χ2v) is 7.95. The number of fused-ring (bicyclic) bond motifs is 3. The number of hydrogen-bond acceptors (Lipinski definition) is 6. The summed E-state index contributed by atoms with van der Waals surface area (Å²) in [6.07, 6.45) is 1.63. The van der Waals surface area contributed by atoms with E-state index in [1.165, 1.54) is 5.56 Å². The van der Waals surface area contributed by atoms with Gasteiger partial charge in [-0.2, -0.15) is 0 Å². The van der Waals surface area contributed by atoms with Gasteiger partial charge in [0.15, 0.2) is 5.16 Å².